The van der Waals surface area contributed by atoms with Gasteiger partial charge in [0.1, 0.15) is 0 Å². The smallest absolute Gasteiger partial charge is 0.0194 e. The summed E-state index contributed by atoms with van der Waals surface area (Å²) in [5.74, 6) is 1.99. The molecule has 0 saturated heterocycles. The van der Waals surface area contributed by atoms with E-state index in [0.29, 0.717) is 0 Å². The molecule has 0 nitrogen and oxygen atoms in total. The molecule has 0 aromatic heterocycles. The van der Waals surface area contributed by atoms with Crippen LogP contribution >= 0.6 is 11.8 Å². The third kappa shape index (κ3) is 1.79. The second-order valence-corrected chi connectivity index (χ2v) is 5.24. The molecule has 82 valence electrons. The van der Waals surface area contributed by atoms with Crippen molar-refractivity contribution in [2.75, 3.05) is 0 Å². The topological polar surface area (TPSA) is 0 Å². The predicted octanol–water partition coefficient (Wildman–Crippen LogP) is 4.22. The van der Waals surface area contributed by atoms with Crippen LogP contribution in [-0.2, 0) is 11.5 Å². The van der Waals surface area contributed by atoms with Crippen molar-refractivity contribution in [3.8, 4) is 11.1 Å². The monoisotopic (exact) mass is 236 g/mol. The Kier molecular flexibility index (Phi) is 2.71. The summed E-state index contributed by atoms with van der Waals surface area (Å²) in [5, 5.41) is 0. The van der Waals surface area contributed by atoms with Crippen molar-refractivity contribution in [1.82, 2.24) is 0 Å². The first kappa shape index (κ1) is 10.9. The molecule has 17 heavy (non-hydrogen) atoms. The third-order valence-corrected chi connectivity index (χ3v) is 4.16. The average Bonchev–Trinajstić information content (AvgIpc) is 2.50. The molecular formula is C16H12S. The van der Waals surface area contributed by atoms with E-state index in [0.717, 1.165) is 33.8 Å². The van der Waals surface area contributed by atoms with Crippen LogP contribution in [0.1, 0.15) is 22.3 Å². The quantitative estimate of drug-likeness (QED) is 0.660. The number of benzene rings is 2. The lowest BCUT2D eigenvalue weighted by Gasteiger charge is -2.14. The highest BCUT2D eigenvalue weighted by atomic mass is 32.2. The molecule has 0 aliphatic carbocycles. The van der Waals surface area contributed by atoms with Gasteiger partial charge >= 0.3 is 0 Å². The van der Waals surface area contributed by atoms with E-state index in [1.807, 2.05) is 36.0 Å². The van der Waals surface area contributed by atoms with Crippen molar-refractivity contribution in [3.63, 3.8) is 0 Å². The fourth-order valence-corrected chi connectivity index (χ4v) is 3.38. The predicted molar refractivity (Wildman–Crippen MR) is 73.7 cm³/mol. The first-order chi connectivity index (χ1) is 8.27. The van der Waals surface area contributed by atoms with Crippen LogP contribution in [0, 0.1) is 13.8 Å². The van der Waals surface area contributed by atoms with Crippen LogP contribution < -0.4 is 0 Å². The molecule has 1 heterocycles. The lowest BCUT2D eigenvalue weighted by Crippen LogP contribution is -1.94. The Labute approximate surface area is 107 Å². The highest BCUT2D eigenvalue weighted by Gasteiger charge is 2.17. The van der Waals surface area contributed by atoms with Crippen molar-refractivity contribution < 1.29 is 0 Å². The molecule has 2 aromatic rings. The first-order valence-electron chi connectivity index (χ1n) is 5.60. The molecule has 0 amide bonds. The van der Waals surface area contributed by atoms with Gasteiger partial charge in [0.15, 0.2) is 0 Å². The van der Waals surface area contributed by atoms with Gasteiger partial charge in [0.2, 0.25) is 0 Å². The molecule has 0 fully saturated rings. The number of fused-ring (bicyclic) bond motifs is 3. The number of hydrogen-bond donors (Lipinski definition) is 0. The fourth-order valence-electron chi connectivity index (χ4n) is 2.36. The Bertz CT molecular complexity index is 518. The van der Waals surface area contributed by atoms with E-state index in [4.69, 9.17) is 13.8 Å². The molecule has 0 spiro atoms. The number of thioether (sulfide) groups is 1. The van der Waals surface area contributed by atoms with Crippen molar-refractivity contribution >= 4 is 11.8 Å². The zero-order valence-corrected chi connectivity index (χ0v) is 10.3. The minimum absolute atomic E-state index is 0.823. The van der Waals surface area contributed by atoms with Gasteiger partial charge in [-0.3, -0.25) is 0 Å². The zero-order chi connectivity index (χ0) is 11.8. The van der Waals surface area contributed by atoms with E-state index in [9.17, 15) is 0 Å². The van der Waals surface area contributed by atoms with Gasteiger partial charge in [-0.15, -0.1) is 0 Å². The molecule has 1 aliphatic rings. The van der Waals surface area contributed by atoms with Gasteiger partial charge in [0.05, 0.1) is 0 Å². The summed E-state index contributed by atoms with van der Waals surface area (Å²) < 4.78 is 0. The van der Waals surface area contributed by atoms with Gasteiger partial charge in [0.25, 0.3) is 0 Å². The third-order valence-electron chi connectivity index (χ3n) is 3.13. The molecule has 0 bridgehead atoms. The van der Waals surface area contributed by atoms with Crippen LogP contribution in [0.4, 0.5) is 0 Å². The van der Waals surface area contributed by atoms with Crippen LogP contribution in [0.15, 0.2) is 36.4 Å². The minimum Gasteiger partial charge on any atom is -0.152 e. The number of rotatable bonds is 0. The van der Waals surface area contributed by atoms with Gasteiger partial charge < -0.3 is 0 Å². The largest absolute Gasteiger partial charge is 0.152 e. The van der Waals surface area contributed by atoms with Crippen molar-refractivity contribution in [2.45, 2.75) is 11.5 Å². The highest BCUT2D eigenvalue weighted by Crippen LogP contribution is 2.39. The van der Waals surface area contributed by atoms with Gasteiger partial charge in [0, 0.05) is 11.5 Å². The SMILES string of the molecule is [CH]c1cccc2c1-c1c([CH])cccc1CSC2. The van der Waals surface area contributed by atoms with Crippen LogP contribution in [0.25, 0.3) is 11.1 Å². The molecule has 0 N–H and O–H groups in total. The Balaban J connectivity index is 2.37. The van der Waals surface area contributed by atoms with E-state index in [-0.39, 0.29) is 0 Å². The maximum atomic E-state index is 6.13. The van der Waals surface area contributed by atoms with E-state index < -0.39 is 0 Å². The van der Waals surface area contributed by atoms with Crippen LogP contribution in [0.3, 0.4) is 0 Å². The molecule has 1 aliphatic heterocycles. The second-order valence-electron chi connectivity index (χ2n) is 4.26. The van der Waals surface area contributed by atoms with Crippen molar-refractivity contribution in [2.24, 2.45) is 0 Å². The summed E-state index contributed by atoms with van der Waals surface area (Å²) >= 11 is 1.91. The Morgan fingerprint density at radius 1 is 0.765 bits per heavy atom. The molecule has 0 unspecified atom stereocenters. The van der Waals surface area contributed by atoms with Gasteiger partial charge in [-0.2, -0.15) is 11.8 Å². The van der Waals surface area contributed by atoms with Gasteiger partial charge in [-0.1, -0.05) is 36.4 Å². The summed E-state index contributed by atoms with van der Waals surface area (Å²) in [5.41, 5.74) is 6.47. The van der Waals surface area contributed by atoms with Crippen LogP contribution in [0.5, 0.6) is 0 Å². The first-order valence-corrected chi connectivity index (χ1v) is 6.75. The summed E-state index contributed by atoms with van der Waals surface area (Å²) in [4.78, 5) is 0. The van der Waals surface area contributed by atoms with E-state index in [1.165, 1.54) is 11.1 Å². The molecule has 4 radical (unpaired) electrons. The lowest BCUT2D eigenvalue weighted by atomic mass is 9.90. The minimum atomic E-state index is 0.823. The maximum Gasteiger partial charge on any atom is 0.0194 e. The van der Waals surface area contributed by atoms with Crippen molar-refractivity contribution in [3.05, 3.63) is 72.5 Å². The molecule has 0 atom stereocenters. The Morgan fingerprint density at radius 3 is 1.71 bits per heavy atom. The Hall–Kier alpha value is -1.21. The van der Waals surface area contributed by atoms with E-state index in [1.54, 1.807) is 0 Å². The summed E-state index contributed by atoms with van der Waals surface area (Å²) in [6, 6.07) is 12.2. The molecule has 0 saturated carbocycles. The normalized spacial score (nSPS) is 13.8. The summed E-state index contributed by atoms with van der Waals surface area (Å²) in [6.07, 6.45) is 0. The highest BCUT2D eigenvalue weighted by molar-refractivity contribution is 7.97. The zero-order valence-electron chi connectivity index (χ0n) is 9.44. The van der Waals surface area contributed by atoms with E-state index >= 15 is 0 Å². The molecule has 2 aromatic carbocycles. The van der Waals surface area contributed by atoms with Crippen LogP contribution in [0.2, 0.25) is 0 Å². The van der Waals surface area contributed by atoms with Crippen molar-refractivity contribution in [1.29, 1.82) is 0 Å². The molecule has 1 heteroatoms. The fraction of sp³-hybridized carbons (Fsp3) is 0.125. The standard InChI is InChI=1S/C16H12S/c1-11-5-3-7-13-9-17-10-14-8-4-6-12(2)16(14)15(11)13/h1-8H,9-10H2. The maximum absolute atomic E-state index is 6.13. The molecular weight excluding hydrogens is 224 g/mol. The van der Waals surface area contributed by atoms with Gasteiger partial charge in [-0.05, 0) is 47.2 Å². The number of hydrogen-bond acceptors (Lipinski definition) is 1. The summed E-state index contributed by atoms with van der Waals surface area (Å²) in [6.45, 7) is 12.3. The van der Waals surface area contributed by atoms with Gasteiger partial charge in [-0.25, -0.2) is 0 Å². The average molecular weight is 236 g/mol. The Morgan fingerprint density at radius 2 is 1.24 bits per heavy atom. The second kappa shape index (κ2) is 4.23. The summed E-state index contributed by atoms with van der Waals surface area (Å²) in [7, 11) is 0. The van der Waals surface area contributed by atoms with Crippen LogP contribution in [-0.4, -0.2) is 0 Å². The van der Waals surface area contributed by atoms with E-state index in [2.05, 4.69) is 12.1 Å². The molecule has 3 rings (SSSR count). The lowest BCUT2D eigenvalue weighted by molar-refractivity contribution is 1.38.